The Labute approximate surface area is 117 Å². The lowest BCUT2D eigenvalue weighted by molar-refractivity contribution is -0.0228. The summed E-state index contributed by atoms with van der Waals surface area (Å²) in [6.45, 7) is 9.80. The molecule has 19 heavy (non-hydrogen) atoms. The van der Waals surface area contributed by atoms with Gasteiger partial charge in [-0.1, -0.05) is 32.6 Å². The van der Waals surface area contributed by atoms with Gasteiger partial charge in [0.2, 0.25) is 0 Å². The van der Waals surface area contributed by atoms with E-state index in [0.717, 1.165) is 13.0 Å². The van der Waals surface area contributed by atoms with Gasteiger partial charge >= 0.3 is 6.09 Å². The summed E-state index contributed by atoms with van der Waals surface area (Å²) >= 11 is 0. The van der Waals surface area contributed by atoms with Crippen molar-refractivity contribution in [3.63, 3.8) is 0 Å². The maximum atomic E-state index is 11.2. The summed E-state index contributed by atoms with van der Waals surface area (Å²) in [5.41, 5.74) is -0.397. The van der Waals surface area contributed by atoms with E-state index >= 15 is 0 Å². The molecule has 0 aliphatic heterocycles. The maximum Gasteiger partial charge on any atom is 0.407 e. The average molecular weight is 277 g/mol. The van der Waals surface area contributed by atoms with E-state index in [1.807, 2.05) is 20.8 Å². The number of rotatable bonds is 6. The van der Waals surface area contributed by atoms with Crippen LogP contribution in [0.3, 0.4) is 0 Å². The van der Waals surface area contributed by atoms with Gasteiger partial charge in [-0.15, -0.1) is 0 Å². The third kappa shape index (κ3) is 26.7. The van der Waals surface area contributed by atoms with Crippen LogP contribution in [0.2, 0.25) is 0 Å². The molecule has 0 aliphatic carbocycles. The molecule has 0 rings (SSSR count). The fraction of sp³-hybridized carbons (Fsp3) is 0.929. The Hall–Kier alpha value is -0.810. The van der Waals surface area contributed by atoms with E-state index in [0.29, 0.717) is 0 Å². The summed E-state index contributed by atoms with van der Waals surface area (Å²) in [4.78, 5) is 11.2. The van der Waals surface area contributed by atoms with Gasteiger partial charge in [-0.3, -0.25) is 0 Å². The number of carbonyl (C=O) groups excluding carboxylic acids is 1. The van der Waals surface area contributed by atoms with Crippen LogP contribution in [0.5, 0.6) is 0 Å². The zero-order valence-corrected chi connectivity index (χ0v) is 13.0. The van der Waals surface area contributed by atoms with Gasteiger partial charge in [-0.25, -0.2) is 4.79 Å². The predicted octanol–water partition coefficient (Wildman–Crippen LogP) is 2.80. The van der Waals surface area contributed by atoms with Crippen LogP contribution in [-0.2, 0) is 4.74 Å². The molecular formula is C14H31NO4. The van der Waals surface area contributed by atoms with Gasteiger partial charge in [-0.05, 0) is 34.1 Å². The highest BCUT2D eigenvalue weighted by Gasteiger charge is 2.15. The van der Waals surface area contributed by atoms with Gasteiger partial charge < -0.3 is 20.3 Å². The molecular weight excluding hydrogens is 246 g/mol. The third-order valence-electron chi connectivity index (χ3n) is 1.95. The number of alkyl carbamates (subject to hydrolysis) is 1. The Morgan fingerprint density at radius 1 is 1.16 bits per heavy atom. The van der Waals surface area contributed by atoms with E-state index in [1.165, 1.54) is 32.6 Å². The fourth-order valence-corrected chi connectivity index (χ4v) is 1.23. The van der Waals surface area contributed by atoms with Crippen LogP contribution in [0.1, 0.15) is 66.7 Å². The first-order valence-electron chi connectivity index (χ1n) is 7.02. The maximum absolute atomic E-state index is 11.2. The summed E-state index contributed by atoms with van der Waals surface area (Å²) in [5.74, 6) is 0. The monoisotopic (exact) mass is 277 g/mol. The van der Waals surface area contributed by atoms with Gasteiger partial charge in [0, 0.05) is 6.54 Å². The van der Waals surface area contributed by atoms with Crippen LogP contribution in [0.15, 0.2) is 0 Å². The van der Waals surface area contributed by atoms with E-state index in [9.17, 15) is 4.79 Å². The molecule has 0 saturated heterocycles. The molecule has 0 radical (unpaired) electrons. The Balaban J connectivity index is 0. The molecule has 0 atom stereocenters. The molecule has 0 spiro atoms. The third-order valence-corrected chi connectivity index (χ3v) is 1.95. The SMILES string of the molecule is CC(O)O.CCCCCCCNC(=O)OC(C)(C)C. The first-order valence-corrected chi connectivity index (χ1v) is 7.02. The normalized spacial score (nSPS) is 10.7. The highest BCUT2D eigenvalue weighted by molar-refractivity contribution is 5.67. The van der Waals surface area contributed by atoms with Crippen molar-refractivity contribution >= 4 is 6.09 Å². The number of ether oxygens (including phenoxy) is 1. The van der Waals surface area contributed by atoms with Crippen LogP contribution in [0.4, 0.5) is 4.79 Å². The van der Waals surface area contributed by atoms with Gasteiger partial charge in [0.1, 0.15) is 11.9 Å². The smallest absolute Gasteiger partial charge is 0.407 e. The molecule has 0 unspecified atom stereocenters. The summed E-state index contributed by atoms with van der Waals surface area (Å²) in [6.07, 6.45) is 4.54. The van der Waals surface area contributed by atoms with Gasteiger partial charge in [-0.2, -0.15) is 0 Å². The summed E-state index contributed by atoms with van der Waals surface area (Å²) < 4.78 is 5.12. The van der Waals surface area contributed by atoms with Crippen LogP contribution in [0, 0.1) is 0 Å². The first kappa shape index (κ1) is 20.5. The molecule has 0 bridgehead atoms. The molecule has 0 fully saturated rings. The molecule has 0 aromatic rings. The molecule has 116 valence electrons. The van der Waals surface area contributed by atoms with Crippen molar-refractivity contribution in [3.8, 4) is 0 Å². The van der Waals surface area contributed by atoms with Crippen molar-refractivity contribution < 1.29 is 19.7 Å². The minimum Gasteiger partial charge on any atom is -0.444 e. The van der Waals surface area contributed by atoms with Gasteiger partial charge in [0.15, 0.2) is 0 Å². The number of unbranched alkanes of at least 4 members (excludes halogenated alkanes) is 4. The van der Waals surface area contributed by atoms with Gasteiger partial charge in [0.05, 0.1) is 0 Å². The molecule has 0 saturated carbocycles. The molecule has 0 aromatic heterocycles. The van der Waals surface area contributed by atoms with Crippen LogP contribution in [-0.4, -0.2) is 34.7 Å². The van der Waals surface area contributed by atoms with Crippen molar-refractivity contribution in [3.05, 3.63) is 0 Å². The summed E-state index contributed by atoms with van der Waals surface area (Å²) in [5, 5.41) is 18.0. The van der Waals surface area contributed by atoms with Crippen molar-refractivity contribution in [2.24, 2.45) is 0 Å². The second-order valence-electron chi connectivity index (χ2n) is 5.47. The highest BCUT2D eigenvalue weighted by atomic mass is 16.6. The number of nitrogens with one attached hydrogen (secondary N) is 1. The average Bonchev–Trinajstić information content (AvgIpc) is 2.19. The summed E-state index contributed by atoms with van der Waals surface area (Å²) in [6, 6.07) is 0. The van der Waals surface area contributed by atoms with E-state index in [4.69, 9.17) is 14.9 Å². The first-order chi connectivity index (χ1) is 8.69. The highest BCUT2D eigenvalue weighted by Crippen LogP contribution is 2.06. The Morgan fingerprint density at radius 3 is 2.05 bits per heavy atom. The van der Waals surface area contributed by atoms with Crippen molar-refractivity contribution in [1.82, 2.24) is 5.32 Å². The Bertz CT molecular complexity index is 209. The van der Waals surface area contributed by atoms with E-state index in [2.05, 4.69) is 12.2 Å². The molecule has 5 heteroatoms. The van der Waals surface area contributed by atoms with Crippen LogP contribution in [0.25, 0.3) is 0 Å². The number of carbonyl (C=O) groups is 1. The second-order valence-corrected chi connectivity index (χ2v) is 5.47. The Kier molecular flexibility index (Phi) is 13.2. The number of hydrogen-bond donors (Lipinski definition) is 3. The molecule has 0 aromatic carbocycles. The fourth-order valence-electron chi connectivity index (χ4n) is 1.23. The number of aliphatic hydroxyl groups excluding tert-OH is 1. The summed E-state index contributed by atoms with van der Waals surface area (Å²) in [7, 11) is 0. The minimum absolute atomic E-state index is 0.307. The molecule has 0 heterocycles. The van der Waals surface area contributed by atoms with E-state index in [-0.39, 0.29) is 6.09 Å². The van der Waals surface area contributed by atoms with E-state index < -0.39 is 11.9 Å². The largest absolute Gasteiger partial charge is 0.444 e. The van der Waals surface area contributed by atoms with Crippen LogP contribution < -0.4 is 5.32 Å². The van der Waals surface area contributed by atoms with Crippen molar-refractivity contribution in [1.29, 1.82) is 0 Å². The number of amides is 1. The zero-order chi connectivity index (χ0) is 15.3. The minimum atomic E-state index is -1.17. The van der Waals surface area contributed by atoms with E-state index in [1.54, 1.807) is 0 Å². The lowest BCUT2D eigenvalue weighted by atomic mass is 10.1. The quantitative estimate of drug-likeness (QED) is 0.515. The number of aliphatic hydroxyl groups is 2. The number of hydrogen-bond acceptors (Lipinski definition) is 4. The molecule has 1 amide bonds. The Morgan fingerprint density at radius 2 is 1.63 bits per heavy atom. The molecule has 3 N–H and O–H groups in total. The molecule has 0 aliphatic rings. The second kappa shape index (κ2) is 12.2. The van der Waals surface area contributed by atoms with Crippen molar-refractivity contribution in [2.45, 2.75) is 78.6 Å². The predicted molar refractivity (Wildman–Crippen MR) is 76.9 cm³/mol. The molecule has 5 nitrogen and oxygen atoms in total. The van der Waals surface area contributed by atoms with Crippen LogP contribution >= 0.6 is 0 Å². The van der Waals surface area contributed by atoms with Crippen molar-refractivity contribution in [2.75, 3.05) is 6.54 Å². The standard InChI is InChI=1S/C12H25NO2.C2H6O2/c1-5-6-7-8-9-10-13-11(14)15-12(2,3)4;1-2(3)4/h5-10H2,1-4H3,(H,13,14);2-4H,1H3. The van der Waals surface area contributed by atoms with Gasteiger partial charge in [0.25, 0.3) is 0 Å². The zero-order valence-electron chi connectivity index (χ0n) is 13.0. The lowest BCUT2D eigenvalue weighted by Gasteiger charge is -2.19. The topological polar surface area (TPSA) is 78.8 Å². The lowest BCUT2D eigenvalue weighted by Crippen LogP contribution is -2.32.